The molecule has 2 aromatic rings. The third-order valence-electron chi connectivity index (χ3n) is 1.66. The van der Waals surface area contributed by atoms with Crippen molar-refractivity contribution in [2.24, 2.45) is 0 Å². The normalized spacial score (nSPS) is 10.2. The molecule has 78 valence electrons. The molecule has 0 radical (unpaired) electrons. The standard InChI is InChI=1S/C8H7ClN4OS/c9-6-1-7(12-4-11-6)10-2-5-3-15-8(14)13-5/h1,3-4H,2H2,(H,13,14)(H,10,11,12). The average Bonchev–Trinajstić information content (AvgIpc) is 2.62. The zero-order chi connectivity index (χ0) is 10.7. The van der Waals surface area contributed by atoms with E-state index in [2.05, 4.69) is 20.3 Å². The third kappa shape index (κ3) is 2.77. The van der Waals surface area contributed by atoms with E-state index in [9.17, 15) is 4.79 Å². The fraction of sp³-hybridized carbons (Fsp3) is 0.125. The van der Waals surface area contributed by atoms with Crippen LogP contribution in [-0.4, -0.2) is 15.0 Å². The number of aromatic amines is 1. The molecule has 0 atom stereocenters. The molecule has 0 aliphatic carbocycles. The smallest absolute Gasteiger partial charge is 0.304 e. The average molecular weight is 243 g/mol. The summed E-state index contributed by atoms with van der Waals surface area (Å²) >= 11 is 6.82. The van der Waals surface area contributed by atoms with Crippen LogP contribution in [0.5, 0.6) is 0 Å². The van der Waals surface area contributed by atoms with E-state index in [1.54, 1.807) is 11.4 Å². The molecule has 0 saturated heterocycles. The van der Waals surface area contributed by atoms with Crippen LogP contribution in [0.1, 0.15) is 5.69 Å². The summed E-state index contributed by atoms with van der Waals surface area (Å²) in [5.41, 5.74) is 0.819. The van der Waals surface area contributed by atoms with E-state index in [0.29, 0.717) is 17.5 Å². The highest BCUT2D eigenvalue weighted by Gasteiger charge is 1.98. The number of anilines is 1. The lowest BCUT2D eigenvalue weighted by Crippen LogP contribution is -2.04. The minimum atomic E-state index is -0.0625. The quantitative estimate of drug-likeness (QED) is 0.800. The van der Waals surface area contributed by atoms with Gasteiger partial charge in [-0.05, 0) is 0 Å². The van der Waals surface area contributed by atoms with Crippen LogP contribution < -0.4 is 10.2 Å². The molecule has 0 bridgehead atoms. The van der Waals surface area contributed by atoms with Gasteiger partial charge in [-0.15, -0.1) is 0 Å². The summed E-state index contributed by atoms with van der Waals surface area (Å²) in [5, 5.41) is 5.16. The Balaban J connectivity index is 2.02. The number of hydrogen-bond acceptors (Lipinski definition) is 5. The fourth-order valence-electron chi connectivity index (χ4n) is 1.02. The van der Waals surface area contributed by atoms with Crippen molar-refractivity contribution in [2.45, 2.75) is 6.54 Å². The number of aromatic nitrogens is 3. The second kappa shape index (κ2) is 4.41. The molecular formula is C8H7ClN4OS. The molecule has 2 heterocycles. The highest BCUT2D eigenvalue weighted by Crippen LogP contribution is 2.09. The summed E-state index contributed by atoms with van der Waals surface area (Å²) in [4.78, 5) is 21.2. The zero-order valence-electron chi connectivity index (χ0n) is 7.53. The van der Waals surface area contributed by atoms with E-state index >= 15 is 0 Å². The second-order valence-electron chi connectivity index (χ2n) is 2.75. The van der Waals surface area contributed by atoms with Gasteiger partial charge in [-0.3, -0.25) is 4.79 Å². The van der Waals surface area contributed by atoms with Crippen molar-refractivity contribution in [2.75, 3.05) is 5.32 Å². The van der Waals surface area contributed by atoms with Crippen LogP contribution in [0.25, 0.3) is 0 Å². The first-order chi connectivity index (χ1) is 7.24. The Bertz CT molecular complexity index is 509. The Morgan fingerprint density at radius 2 is 2.40 bits per heavy atom. The molecule has 2 aromatic heterocycles. The van der Waals surface area contributed by atoms with Gasteiger partial charge >= 0.3 is 4.87 Å². The highest BCUT2D eigenvalue weighted by molar-refractivity contribution is 7.07. The Morgan fingerprint density at radius 3 is 3.07 bits per heavy atom. The predicted octanol–water partition coefficient (Wildman–Crippen LogP) is 1.49. The van der Waals surface area contributed by atoms with Crippen molar-refractivity contribution in [1.29, 1.82) is 0 Å². The van der Waals surface area contributed by atoms with Gasteiger partial charge in [-0.25, -0.2) is 9.97 Å². The summed E-state index contributed by atoms with van der Waals surface area (Å²) in [7, 11) is 0. The van der Waals surface area contributed by atoms with E-state index in [1.165, 1.54) is 6.33 Å². The molecule has 0 amide bonds. The molecule has 2 rings (SSSR count). The van der Waals surface area contributed by atoms with Gasteiger partial charge in [0.1, 0.15) is 17.3 Å². The van der Waals surface area contributed by atoms with Crippen LogP contribution in [0.4, 0.5) is 5.82 Å². The van der Waals surface area contributed by atoms with Crippen molar-refractivity contribution in [3.8, 4) is 0 Å². The summed E-state index contributed by atoms with van der Waals surface area (Å²) in [5.74, 6) is 0.627. The Labute approximate surface area is 94.2 Å². The van der Waals surface area contributed by atoms with Crippen LogP contribution in [0.15, 0.2) is 22.6 Å². The third-order valence-corrected chi connectivity index (χ3v) is 2.59. The number of thiazole rings is 1. The molecule has 0 saturated carbocycles. The van der Waals surface area contributed by atoms with Crippen molar-refractivity contribution in [3.63, 3.8) is 0 Å². The van der Waals surface area contributed by atoms with Crippen molar-refractivity contribution < 1.29 is 0 Å². The molecule has 0 spiro atoms. The molecule has 7 heteroatoms. The van der Waals surface area contributed by atoms with E-state index < -0.39 is 0 Å². The summed E-state index contributed by atoms with van der Waals surface area (Å²) in [6.45, 7) is 0.506. The topological polar surface area (TPSA) is 70.7 Å². The Hall–Kier alpha value is -1.40. The maximum absolute atomic E-state index is 10.8. The summed E-state index contributed by atoms with van der Waals surface area (Å²) < 4.78 is 0. The van der Waals surface area contributed by atoms with Gasteiger partial charge in [0.15, 0.2) is 0 Å². The zero-order valence-corrected chi connectivity index (χ0v) is 9.10. The number of hydrogen-bond donors (Lipinski definition) is 2. The fourth-order valence-corrected chi connectivity index (χ4v) is 1.75. The molecule has 0 unspecified atom stereocenters. The van der Waals surface area contributed by atoms with Crippen molar-refractivity contribution >= 4 is 28.8 Å². The minimum Gasteiger partial charge on any atom is -0.364 e. The Kier molecular flexibility index (Phi) is 2.98. The minimum absolute atomic E-state index is 0.0625. The lowest BCUT2D eigenvalue weighted by Gasteiger charge is -2.02. The number of H-pyrrole nitrogens is 1. The van der Waals surface area contributed by atoms with E-state index in [0.717, 1.165) is 17.0 Å². The van der Waals surface area contributed by atoms with Crippen molar-refractivity contribution in [1.82, 2.24) is 15.0 Å². The maximum Gasteiger partial charge on any atom is 0.304 e. The van der Waals surface area contributed by atoms with E-state index in [-0.39, 0.29) is 4.87 Å². The van der Waals surface area contributed by atoms with Gasteiger partial charge in [0.2, 0.25) is 0 Å². The molecule has 0 aliphatic heterocycles. The van der Waals surface area contributed by atoms with Crippen LogP contribution in [0.2, 0.25) is 5.15 Å². The highest BCUT2D eigenvalue weighted by atomic mass is 35.5. The SMILES string of the molecule is O=c1[nH]c(CNc2cc(Cl)ncn2)cs1. The van der Waals surface area contributed by atoms with Crippen LogP contribution in [0, 0.1) is 0 Å². The molecule has 15 heavy (non-hydrogen) atoms. The lowest BCUT2D eigenvalue weighted by atomic mass is 10.4. The van der Waals surface area contributed by atoms with Crippen molar-refractivity contribution in [3.05, 3.63) is 38.3 Å². The van der Waals surface area contributed by atoms with Gasteiger partial charge in [0, 0.05) is 17.1 Å². The van der Waals surface area contributed by atoms with Gasteiger partial charge in [-0.2, -0.15) is 0 Å². The van der Waals surface area contributed by atoms with Crippen LogP contribution >= 0.6 is 22.9 Å². The van der Waals surface area contributed by atoms with E-state index in [1.807, 2.05) is 0 Å². The molecular weight excluding hydrogens is 236 g/mol. The van der Waals surface area contributed by atoms with E-state index in [4.69, 9.17) is 11.6 Å². The number of rotatable bonds is 3. The lowest BCUT2D eigenvalue weighted by molar-refractivity contribution is 1.03. The first-order valence-corrected chi connectivity index (χ1v) is 5.38. The monoisotopic (exact) mass is 242 g/mol. The van der Waals surface area contributed by atoms with Gasteiger partial charge in [0.25, 0.3) is 0 Å². The van der Waals surface area contributed by atoms with Gasteiger partial charge < -0.3 is 10.3 Å². The number of nitrogens with one attached hydrogen (secondary N) is 2. The largest absolute Gasteiger partial charge is 0.364 e. The first kappa shape index (κ1) is 10.1. The maximum atomic E-state index is 10.8. The molecule has 0 aromatic carbocycles. The second-order valence-corrected chi connectivity index (χ2v) is 3.98. The molecule has 0 fully saturated rings. The molecule has 0 aliphatic rings. The molecule has 5 nitrogen and oxygen atoms in total. The Morgan fingerprint density at radius 1 is 1.53 bits per heavy atom. The van der Waals surface area contributed by atoms with Crippen LogP contribution in [-0.2, 0) is 6.54 Å². The first-order valence-electron chi connectivity index (χ1n) is 4.12. The van der Waals surface area contributed by atoms with Gasteiger partial charge in [0.05, 0.1) is 6.54 Å². The summed E-state index contributed by atoms with van der Waals surface area (Å²) in [6.07, 6.45) is 1.38. The number of nitrogens with zero attached hydrogens (tertiary/aromatic N) is 2. The predicted molar refractivity (Wildman–Crippen MR) is 59.3 cm³/mol. The van der Waals surface area contributed by atoms with Gasteiger partial charge in [-0.1, -0.05) is 22.9 Å². The van der Waals surface area contributed by atoms with Crippen LogP contribution in [0.3, 0.4) is 0 Å². The molecule has 2 N–H and O–H groups in total. The summed E-state index contributed by atoms with van der Waals surface area (Å²) in [6, 6.07) is 1.62. The number of halogens is 1.